The van der Waals surface area contributed by atoms with Crippen LogP contribution in [0.5, 0.6) is 0 Å². The number of hydrogen-bond donors (Lipinski definition) is 0. The lowest BCUT2D eigenvalue weighted by Crippen LogP contribution is -2.25. The highest BCUT2D eigenvalue weighted by atomic mass is 15.2. The van der Waals surface area contributed by atoms with Gasteiger partial charge in [-0.25, -0.2) is 0 Å². The second-order valence-electron chi connectivity index (χ2n) is 4.71. The molecular weight excluding hydrogens is 170 g/mol. The molecule has 0 N–H and O–H groups in total. The van der Waals surface area contributed by atoms with Crippen molar-refractivity contribution in [2.75, 3.05) is 13.6 Å². The minimum Gasteiger partial charge on any atom is -0.299 e. The molecule has 1 aliphatic carbocycles. The molecule has 0 spiro atoms. The van der Waals surface area contributed by atoms with Gasteiger partial charge in [0.25, 0.3) is 0 Å². The van der Waals surface area contributed by atoms with Crippen molar-refractivity contribution in [3.05, 3.63) is 35.4 Å². The Morgan fingerprint density at radius 3 is 3.00 bits per heavy atom. The third kappa shape index (κ3) is 1.12. The van der Waals surface area contributed by atoms with E-state index in [1.807, 2.05) is 0 Å². The van der Waals surface area contributed by atoms with Crippen LogP contribution >= 0.6 is 0 Å². The lowest BCUT2D eigenvalue weighted by molar-refractivity contribution is 0.257. The average Bonchev–Trinajstić information content (AvgIpc) is 2.61. The molecule has 1 aromatic carbocycles. The number of fused-ring (bicyclic) bond motifs is 3. The normalized spacial score (nSPS) is 31.2. The molecule has 1 aromatic rings. The Kier molecular flexibility index (Phi) is 1.88. The van der Waals surface area contributed by atoms with Gasteiger partial charge in [-0.15, -0.1) is 0 Å². The highest BCUT2D eigenvalue weighted by Crippen LogP contribution is 2.43. The fourth-order valence-corrected chi connectivity index (χ4v) is 3.21. The third-order valence-electron chi connectivity index (χ3n) is 3.93. The molecule has 14 heavy (non-hydrogen) atoms. The minimum absolute atomic E-state index is 0.722. The van der Waals surface area contributed by atoms with Crippen LogP contribution in [0.2, 0.25) is 0 Å². The molecule has 2 atom stereocenters. The van der Waals surface area contributed by atoms with Gasteiger partial charge >= 0.3 is 0 Å². The van der Waals surface area contributed by atoms with Gasteiger partial charge in [0.15, 0.2) is 0 Å². The molecule has 2 aliphatic rings. The van der Waals surface area contributed by atoms with Crippen LogP contribution in [0, 0.1) is 5.92 Å². The summed E-state index contributed by atoms with van der Waals surface area (Å²) in [6.07, 6.45) is 4.09. The fraction of sp³-hybridized carbons (Fsp3) is 0.538. The Morgan fingerprint density at radius 2 is 2.07 bits per heavy atom. The molecule has 1 aliphatic heterocycles. The van der Waals surface area contributed by atoms with E-state index in [1.54, 1.807) is 11.1 Å². The quantitative estimate of drug-likeness (QED) is 0.603. The first kappa shape index (κ1) is 8.49. The van der Waals surface area contributed by atoms with E-state index in [-0.39, 0.29) is 0 Å². The molecule has 1 heterocycles. The van der Waals surface area contributed by atoms with Crippen LogP contribution in [0.25, 0.3) is 0 Å². The molecule has 3 rings (SSSR count). The van der Waals surface area contributed by atoms with Gasteiger partial charge in [0.2, 0.25) is 0 Å². The van der Waals surface area contributed by atoms with E-state index >= 15 is 0 Å². The second kappa shape index (κ2) is 3.09. The molecule has 2 unspecified atom stereocenters. The number of likely N-dealkylation sites (tertiary alicyclic amines) is 1. The van der Waals surface area contributed by atoms with Crippen LogP contribution < -0.4 is 0 Å². The number of hydrogen-bond acceptors (Lipinski definition) is 1. The van der Waals surface area contributed by atoms with E-state index in [0.717, 1.165) is 12.0 Å². The fourth-order valence-electron chi connectivity index (χ4n) is 3.21. The summed E-state index contributed by atoms with van der Waals surface area (Å²) in [7, 11) is 2.27. The van der Waals surface area contributed by atoms with Gasteiger partial charge in [-0.05, 0) is 49.9 Å². The van der Waals surface area contributed by atoms with Crippen LogP contribution in [-0.4, -0.2) is 18.5 Å². The molecule has 1 nitrogen and oxygen atoms in total. The molecule has 1 fully saturated rings. The van der Waals surface area contributed by atoms with E-state index in [9.17, 15) is 0 Å². The number of rotatable bonds is 0. The first-order valence-electron chi connectivity index (χ1n) is 5.64. The first-order chi connectivity index (χ1) is 6.86. The maximum Gasteiger partial charge on any atom is 0.0376 e. The van der Waals surface area contributed by atoms with E-state index < -0.39 is 0 Å². The zero-order valence-corrected chi connectivity index (χ0v) is 8.74. The summed E-state index contributed by atoms with van der Waals surface area (Å²) in [5, 5.41) is 0. The number of benzene rings is 1. The topological polar surface area (TPSA) is 3.24 Å². The summed E-state index contributed by atoms with van der Waals surface area (Å²) in [4.78, 5) is 2.53. The monoisotopic (exact) mass is 187 g/mol. The largest absolute Gasteiger partial charge is 0.299 e. The van der Waals surface area contributed by atoms with Crippen molar-refractivity contribution < 1.29 is 0 Å². The Labute approximate surface area is 85.7 Å². The summed E-state index contributed by atoms with van der Waals surface area (Å²) in [6.45, 7) is 1.28. The van der Waals surface area contributed by atoms with E-state index in [2.05, 4.69) is 36.2 Å². The van der Waals surface area contributed by atoms with Gasteiger partial charge in [0.05, 0.1) is 0 Å². The van der Waals surface area contributed by atoms with Crippen molar-refractivity contribution in [2.45, 2.75) is 25.3 Å². The maximum absolute atomic E-state index is 2.53. The van der Waals surface area contributed by atoms with Crippen LogP contribution in [0.1, 0.15) is 30.0 Å². The smallest absolute Gasteiger partial charge is 0.0376 e. The van der Waals surface area contributed by atoms with E-state index in [0.29, 0.717) is 0 Å². The van der Waals surface area contributed by atoms with Gasteiger partial charge in [-0.3, -0.25) is 4.90 Å². The summed E-state index contributed by atoms with van der Waals surface area (Å²) >= 11 is 0. The van der Waals surface area contributed by atoms with E-state index in [4.69, 9.17) is 0 Å². The maximum atomic E-state index is 2.53. The summed E-state index contributed by atoms with van der Waals surface area (Å²) in [5.41, 5.74) is 3.19. The van der Waals surface area contributed by atoms with Crippen molar-refractivity contribution in [3.8, 4) is 0 Å². The zero-order chi connectivity index (χ0) is 9.54. The Hall–Kier alpha value is -0.820. The van der Waals surface area contributed by atoms with Crippen molar-refractivity contribution >= 4 is 0 Å². The van der Waals surface area contributed by atoms with Gasteiger partial charge < -0.3 is 0 Å². The second-order valence-corrected chi connectivity index (χ2v) is 4.71. The van der Waals surface area contributed by atoms with Gasteiger partial charge in [-0.2, -0.15) is 0 Å². The SMILES string of the molecule is CN1CCC2CCc3ccccc3C21. The highest BCUT2D eigenvalue weighted by Gasteiger charge is 2.36. The minimum atomic E-state index is 0.722. The van der Waals surface area contributed by atoms with E-state index in [1.165, 1.54) is 25.8 Å². The number of aryl methyl sites for hydroxylation is 1. The van der Waals surface area contributed by atoms with Crippen LogP contribution in [-0.2, 0) is 6.42 Å². The molecule has 0 saturated carbocycles. The predicted molar refractivity (Wildman–Crippen MR) is 58.2 cm³/mol. The molecular formula is C13H17N. The lowest BCUT2D eigenvalue weighted by atomic mass is 9.80. The molecule has 0 amide bonds. The van der Waals surface area contributed by atoms with Crippen molar-refractivity contribution in [2.24, 2.45) is 5.92 Å². The van der Waals surface area contributed by atoms with Crippen molar-refractivity contribution in [1.29, 1.82) is 0 Å². The zero-order valence-electron chi connectivity index (χ0n) is 8.74. The standard InChI is InChI=1S/C13H17N/c1-14-9-8-11-7-6-10-4-2-3-5-12(10)13(11)14/h2-5,11,13H,6-9H2,1H3. The van der Waals surface area contributed by atoms with Gasteiger partial charge in [0, 0.05) is 6.04 Å². The summed E-state index contributed by atoms with van der Waals surface area (Å²) in [6, 6.07) is 9.72. The van der Waals surface area contributed by atoms with Gasteiger partial charge in [0.1, 0.15) is 0 Å². The third-order valence-corrected chi connectivity index (χ3v) is 3.93. The van der Waals surface area contributed by atoms with Crippen molar-refractivity contribution in [3.63, 3.8) is 0 Å². The number of nitrogens with zero attached hydrogens (tertiary/aromatic N) is 1. The Morgan fingerprint density at radius 1 is 1.21 bits per heavy atom. The average molecular weight is 187 g/mol. The molecule has 74 valence electrons. The Bertz CT molecular complexity index is 345. The molecule has 0 radical (unpaired) electrons. The summed E-state index contributed by atoms with van der Waals surface area (Å²) in [5.74, 6) is 0.926. The molecule has 0 bridgehead atoms. The van der Waals surface area contributed by atoms with Gasteiger partial charge in [-0.1, -0.05) is 24.3 Å². The predicted octanol–water partition coefficient (Wildman–Crippen LogP) is 2.63. The first-order valence-corrected chi connectivity index (χ1v) is 5.64. The lowest BCUT2D eigenvalue weighted by Gasteiger charge is -2.31. The molecule has 1 saturated heterocycles. The summed E-state index contributed by atoms with van der Waals surface area (Å²) < 4.78 is 0. The molecule has 0 aromatic heterocycles. The highest BCUT2D eigenvalue weighted by molar-refractivity contribution is 5.33. The van der Waals surface area contributed by atoms with Crippen molar-refractivity contribution in [1.82, 2.24) is 4.90 Å². The van der Waals surface area contributed by atoms with Crippen LogP contribution in [0.3, 0.4) is 0 Å². The van der Waals surface area contributed by atoms with Crippen LogP contribution in [0.4, 0.5) is 0 Å². The molecule has 1 heteroatoms. The Balaban J connectivity index is 2.07. The van der Waals surface area contributed by atoms with Crippen LogP contribution in [0.15, 0.2) is 24.3 Å².